The fourth-order valence-electron chi connectivity index (χ4n) is 3.09. The molecule has 2 N–H and O–H groups in total. The number of aromatic nitrogens is 1. The first-order valence-electron chi connectivity index (χ1n) is 8.73. The van der Waals surface area contributed by atoms with Crippen LogP contribution in [-0.4, -0.2) is 35.1 Å². The van der Waals surface area contributed by atoms with Crippen molar-refractivity contribution in [1.82, 2.24) is 10.0 Å². The molecular formula is C18H26N2O5S. The van der Waals surface area contributed by atoms with Crippen LogP contribution in [0.3, 0.4) is 0 Å². The summed E-state index contributed by atoms with van der Waals surface area (Å²) in [5.74, 6) is -1.01. The van der Waals surface area contributed by atoms with Gasteiger partial charge in [0.25, 0.3) is 11.5 Å². The zero-order valence-electron chi connectivity index (χ0n) is 15.2. The number of pyridine rings is 1. The molecule has 8 heteroatoms. The second-order valence-electron chi connectivity index (χ2n) is 6.97. The zero-order chi connectivity index (χ0) is 19.4. The first-order valence-corrected chi connectivity index (χ1v) is 10.6. The summed E-state index contributed by atoms with van der Waals surface area (Å²) in [5, 5.41) is 8.85. The third-order valence-electron chi connectivity index (χ3n) is 5.14. The highest BCUT2D eigenvalue weighted by Crippen LogP contribution is 2.25. The van der Waals surface area contributed by atoms with Crippen LogP contribution in [-0.2, 0) is 21.2 Å². The highest BCUT2D eigenvalue weighted by atomic mass is 32.2. The molecule has 0 bridgehead atoms. The highest BCUT2D eigenvalue weighted by molar-refractivity contribution is 7.92. The molecule has 1 aliphatic rings. The van der Waals surface area contributed by atoms with E-state index in [0.717, 1.165) is 37.5 Å². The van der Waals surface area contributed by atoms with Gasteiger partial charge in [-0.1, -0.05) is 12.5 Å². The van der Waals surface area contributed by atoms with Crippen molar-refractivity contribution >= 4 is 21.3 Å². The number of allylic oxidation sites excluding steroid dienone is 2. The van der Waals surface area contributed by atoms with Gasteiger partial charge in [-0.25, -0.2) is 13.9 Å². The summed E-state index contributed by atoms with van der Waals surface area (Å²) >= 11 is 0. The van der Waals surface area contributed by atoms with Crippen LogP contribution < -0.4 is 11.0 Å². The molecule has 0 saturated heterocycles. The third-order valence-corrected chi connectivity index (χ3v) is 7.16. The van der Waals surface area contributed by atoms with Crippen molar-refractivity contribution in [3.63, 3.8) is 0 Å². The lowest BCUT2D eigenvalue weighted by Crippen LogP contribution is -2.49. The van der Waals surface area contributed by atoms with E-state index in [2.05, 4.69) is 6.08 Å². The monoisotopic (exact) mass is 382 g/mol. The normalized spacial score (nSPS) is 17.7. The van der Waals surface area contributed by atoms with Crippen LogP contribution in [0.4, 0.5) is 0 Å². The van der Waals surface area contributed by atoms with E-state index in [9.17, 15) is 18.0 Å². The molecule has 1 aromatic heterocycles. The molecule has 0 aliphatic heterocycles. The van der Waals surface area contributed by atoms with Gasteiger partial charge in [-0.15, -0.1) is 0 Å². The first kappa shape index (κ1) is 20.4. The lowest BCUT2D eigenvalue weighted by molar-refractivity contribution is -0.131. The summed E-state index contributed by atoms with van der Waals surface area (Å²) in [7, 11) is -3.78. The summed E-state index contributed by atoms with van der Waals surface area (Å²) in [6.45, 7) is 1.29. The molecule has 2 rings (SSSR count). The molecule has 26 heavy (non-hydrogen) atoms. The van der Waals surface area contributed by atoms with Crippen molar-refractivity contribution < 1.29 is 18.4 Å². The largest absolute Gasteiger partial charge is 0.315 e. The Bertz CT molecular complexity index is 857. The Morgan fingerprint density at radius 1 is 1.35 bits per heavy atom. The number of hydroxylamine groups is 1. The minimum Gasteiger partial charge on any atom is -0.315 e. The SMILES string of the molecule is C[C@@](CCn1ccc(C2=CCCCCC2)cc1=O)(C(=O)NO)S(C)(=O)=O. The van der Waals surface area contributed by atoms with Gasteiger partial charge in [-0.2, -0.15) is 0 Å². The number of hydrogen-bond acceptors (Lipinski definition) is 5. The molecule has 1 aromatic rings. The Balaban J connectivity index is 2.21. The number of nitrogens with zero attached hydrogens (tertiary/aromatic N) is 1. The molecule has 1 atom stereocenters. The maximum absolute atomic E-state index is 12.4. The number of carbonyl (C=O) groups excluding carboxylic acids is 1. The summed E-state index contributed by atoms with van der Waals surface area (Å²) in [6, 6.07) is 3.41. The number of amides is 1. The number of carbonyl (C=O) groups is 1. The van der Waals surface area contributed by atoms with Gasteiger partial charge in [0, 0.05) is 25.1 Å². The number of nitrogens with one attached hydrogen (secondary N) is 1. The molecule has 0 fully saturated rings. The summed E-state index contributed by atoms with van der Waals surface area (Å²) in [4.78, 5) is 24.3. The van der Waals surface area contributed by atoms with Crippen LogP contribution >= 0.6 is 0 Å². The molecule has 7 nitrogen and oxygen atoms in total. The van der Waals surface area contributed by atoms with Gasteiger partial charge in [-0.05, 0) is 56.2 Å². The van der Waals surface area contributed by atoms with Gasteiger partial charge in [-0.3, -0.25) is 14.8 Å². The smallest absolute Gasteiger partial charge is 0.264 e. The van der Waals surface area contributed by atoms with Crippen molar-refractivity contribution in [3.05, 3.63) is 40.3 Å². The molecular weight excluding hydrogens is 356 g/mol. The lowest BCUT2D eigenvalue weighted by Gasteiger charge is -2.25. The van der Waals surface area contributed by atoms with E-state index in [4.69, 9.17) is 5.21 Å². The van der Waals surface area contributed by atoms with E-state index >= 15 is 0 Å². The van der Waals surface area contributed by atoms with Gasteiger partial charge in [0.05, 0.1) is 0 Å². The third kappa shape index (κ3) is 4.42. The maximum atomic E-state index is 12.4. The van der Waals surface area contributed by atoms with Crippen molar-refractivity contribution in [2.45, 2.75) is 56.7 Å². The van der Waals surface area contributed by atoms with E-state index < -0.39 is 20.5 Å². The van der Waals surface area contributed by atoms with E-state index in [1.165, 1.54) is 29.0 Å². The minimum atomic E-state index is -3.78. The molecule has 0 saturated carbocycles. The fraction of sp³-hybridized carbons (Fsp3) is 0.556. The lowest BCUT2D eigenvalue weighted by atomic mass is 10.0. The quantitative estimate of drug-likeness (QED) is 0.577. The van der Waals surface area contributed by atoms with Crippen LogP contribution in [0, 0.1) is 0 Å². The van der Waals surface area contributed by atoms with Crippen molar-refractivity contribution in [2.75, 3.05) is 6.26 Å². The molecule has 1 heterocycles. The van der Waals surface area contributed by atoms with Crippen LogP contribution in [0.2, 0.25) is 0 Å². The number of aryl methyl sites for hydroxylation is 1. The molecule has 0 aromatic carbocycles. The van der Waals surface area contributed by atoms with Gasteiger partial charge in [0.1, 0.15) is 0 Å². The van der Waals surface area contributed by atoms with E-state index in [0.29, 0.717) is 0 Å². The molecule has 144 valence electrons. The van der Waals surface area contributed by atoms with Gasteiger partial charge in [0.2, 0.25) is 0 Å². The van der Waals surface area contributed by atoms with Gasteiger partial charge >= 0.3 is 0 Å². The van der Waals surface area contributed by atoms with E-state index in [-0.39, 0.29) is 18.5 Å². The van der Waals surface area contributed by atoms with E-state index in [1.807, 2.05) is 6.07 Å². The molecule has 1 amide bonds. The Kier molecular flexibility index (Phi) is 6.41. The Morgan fingerprint density at radius 3 is 2.69 bits per heavy atom. The number of hydrogen-bond donors (Lipinski definition) is 2. The predicted molar refractivity (Wildman–Crippen MR) is 99.6 cm³/mol. The Morgan fingerprint density at radius 2 is 2.08 bits per heavy atom. The molecule has 0 spiro atoms. The standard InChI is InChI=1S/C18H26N2O5S/c1-18(17(22)19-23,26(2,24)25)10-12-20-11-9-15(13-16(20)21)14-7-5-3-4-6-8-14/h7,9,11,13,23H,3-6,8,10,12H2,1-2H3,(H,19,22)/t18-/m1/s1. The second kappa shape index (κ2) is 8.18. The van der Waals surface area contributed by atoms with Crippen molar-refractivity contribution in [2.24, 2.45) is 0 Å². The zero-order valence-corrected chi connectivity index (χ0v) is 16.0. The Hall–Kier alpha value is -1.93. The van der Waals surface area contributed by atoms with Crippen LogP contribution in [0.15, 0.2) is 29.2 Å². The first-order chi connectivity index (χ1) is 12.2. The summed E-state index contributed by atoms with van der Waals surface area (Å²) < 4.78 is 23.5. The maximum Gasteiger partial charge on any atom is 0.264 e. The fourth-order valence-corrected chi connectivity index (χ4v) is 3.93. The van der Waals surface area contributed by atoms with E-state index in [1.54, 1.807) is 12.3 Å². The topological polar surface area (TPSA) is 105 Å². The highest BCUT2D eigenvalue weighted by Gasteiger charge is 2.43. The second-order valence-corrected chi connectivity index (χ2v) is 9.42. The average molecular weight is 382 g/mol. The molecule has 0 unspecified atom stereocenters. The Labute approximate surface area is 153 Å². The van der Waals surface area contributed by atoms with Crippen molar-refractivity contribution in [1.29, 1.82) is 0 Å². The van der Waals surface area contributed by atoms with Crippen LogP contribution in [0.25, 0.3) is 5.57 Å². The number of sulfone groups is 1. The number of rotatable bonds is 6. The van der Waals surface area contributed by atoms with Gasteiger partial charge < -0.3 is 4.57 Å². The molecule has 0 radical (unpaired) electrons. The average Bonchev–Trinajstić information content (AvgIpc) is 2.88. The van der Waals surface area contributed by atoms with Crippen LogP contribution in [0.5, 0.6) is 0 Å². The minimum absolute atomic E-state index is 0.0507. The van der Waals surface area contributed by atoms with Gasteiger partial charge in [0.15, 0.2) is 14.6 Å². The summed E-state index contributed by atoms with van der Waals surface area (Å²) in [6.07, 6.45) is 10.0. The predicted octanol–water partition coefficient (Wildman–Crippen LogP) is 1.89. The van der Waals surface area contributed by atoms with Crippen LogP contribution in [0.1, 0.15) is 51.0 Å². The summed E-state index contributed by atoms with van der Waals surface area (Å²) in [5.41, 5.74) is 3.23. The molecule has 1 aliphatic carbocycles. The van der Waals surface area contributed by atoms with Crippen molar-refractivity contribution in [3.8, 4) is 0 Å².